The van der Waals surface area contributed by atoms with E-state index < -0.39 is 24.0 Å². The number of cyclic esters (lactones) is 1. The summed E-state index contributed by atoms with van der Waals surface area (Å²) in [6, 6.07) is 11.4. The SMILES string of the molecule is CCOC(=O)CN1C(=O)/C(=C/c2ccc(-c3ccc(N4C[C@H](CNC(C)=O)OC4=O)cc3F)cc2)SC1=S. The van der Waals surface area contributed by atoms with Crippen molar-refractivity contribution < 1.29 is 33.0 Å². The molecule has 198 valence electrons. The highest BCUT2D eigenvalue weighted by Crippen LogP contribution is 2.33. The summed E-state index contributed by atoms with van der Waals surface area (Å²) in [5, 5.41) is 2.60. The summed E-state index contributed by atoms with van der Waals surface area (Å²) in [4.78, 5) is 50.7. The van der Waals surface area contributed by atoms with E-state index in [1.165, 1.54) is 22.8 Å². The molecule has 0 bridgehead atoms. The van der Waals surface area contributed by atoms with Crippen LogP contribution in [0.1, 0.15) is 19.4 Å². The van der Waals surface area contributed by atoms with Gasteiger partial charge in [-0.3, -0.25) is 24.2 Å². The van der Waals surface area contributed by atoms with E-state index in [2.05, 4.69) is 5.32 Å². The van der Waals surface area contributed by atoms with E-state index in [-0.39, 0.29) is 42.4 Å². The van der Waals surface area contributed by atoms with E-state index in [0.29, 0.717) is 27.3 Å². The van der Waals surface area contributed by atoms with Crippen LogP contribution in [0.4, 0.5) is 14.9 Å². The fourth-order valence-electron chi connectivity index (χ4n) is 3.88. The number of halogens is 1. The third-order valence-corrected chi connectivity index (χ3v) is 7.08. The minimum absolute atomic E-state index is 0.181. The van der Waals surface area contributed by atoms with Gasteiger partial charge in [-0.2, -0.15) is 0 Å². The number of hydrogen-bond acceptors (Lipinski definition) is 8. The van der Waals surface area contributed by atoms with Gasteiger partial charge in [0.05, 0.1) is 30.3 Å². The van der Waals surface area contributed by atoms with E-state index in [9.17, 15) is 19.2 Å². The molecule has 2 saturated heterocycles. The number of carbonyl (C=O) groups excluding carboxylic acids is 4. The van der Waals surface area contributed by atoms with E-state index in [1.54, 1.807) is 49.4 Å². The number of thiocarbonyl (C=S) groups is 1. The predicted octanol–water partition coefficient (Wildman–Crippen LogP) is 3.72. The maximum Gasteiger partial charge on any atom is 0.414 e. The van der Waals surface area contributed by atoms with Gasteiger partial charge in [0.25, 0.3) is 5.91 Å². The molecule has 2 aromatic carbocycles. The number of nitrogens with one attached hydrogen (secondary N) is 1. The number of anilines is 1. The lowest BCUT2D eigenvalue weighted by Gasteiger charge is -2.14. The quantitative estimate of drug-likeness (QED) is 0.298. The van der Waals surface area contributed by atoms with E-state index in [0.717, 1.165) is 11.8 Å². The molecule has 1 N–H and O–H groups in total. The molecular formula is C26H24FN3O6S2. The maximum atomic E-state index is 15.0. The van der Waals surface area contributed by atoms with Crippen molar-refractivity contribution in [2.75, 3.05) is 31.1 Å². The normalized spacial score (nSPS) is 18.2. The van der Waals surface area contributed by atoms with E-state index in [4.69, 9.17) is 21.7 Å². The van der Waals surface area contributed by atoms with Crippen LogP contribution in [0.5, 0.6) is 0 Å². The van der Waals surface area contributed by atoms with Crippen LogP contribution in [0.2, 0.25) is 0 Å². The molecule has 2 aromatic rings. The van der Waals surface area contributed by atoms with Gasteiger partial charge in [-0.15, -0.1) is 0 Å². The second-order valence-corrected chi connectivity index (χ2v) is 10.1. The number of hydrogen-bond donors (Lipinski definition) is 1. The molecule has 0 radical (unpaired) electrons. The number of benzene rings is 2. The van der Waals surface area contributed by atoms with Gasteiger partial charge in [-0.1, -0.05) is 48.2 Å². The Morgan fingerprint density at radius 2 is 1.97 bits per heavy atom. The molecule has 38 heavy (non-hydrogen) atoms. The fourth-order valence-corrected chi connectivity index (χ4v) is 5.14. The zero-order valence-electron chi connectivity index (χ0n) is 20.6. The van der Waals surface area contributed by atoms with Crippen LogP contribution in [-0.4, -0.2) is 65.4 Å². The van der Waals surface area contributed by atoms with Gasteiger partial charge in [0.1, 0.15) is 22.8 Å². The minimum Gasteiger partial charge on any atom is -0.465 e. The summed E-state index contributed by atoms with van der Waals surface area (Å²) < 4.78 is 25.4. The summed E-state index contributed by atoms with van der Waals surface area (Å²) >= 11 is 6.32. The first kappa shape index (κ1) is 27.3. The molecule has 2 fully saturated rings. The van der Waals surface area contributed by atoms with Crippen molar-refractivity contribution in [1.29, 1.82) is 0 Å². The Balaban J connectivity index is 1.44. The summed E-state index contributed by atoms with van der Waals surface area (Å²) in [5.41, 5.74) is 1.99. The summed E-state index contributed by atoms with van der Waals surface area (Å²) in [6.07, 6.45) is 0.529. The largest absolute Gasteiger partial charge is 0.465 e. The standard InChI is InChI=1S/C26H24FN3O6S2/c1-3-35-23(32)14-30-24(33)22(38-26(30)37)10-16-4-6-17(7-5-16)20-9-8-18(11-21(20)27)29-13-19(36-25(29)34)12-28-15(2)31/h4-11,19H,3,12-14H2,1-2H3,(H,28,31)/b22-10-/t19-/m0/s1. The number of carbonyl (C=O) groups is 4. The first-order valence-electron chi connectivity index (χ1n) is 11.7. The van der Waals surface area contributed by atoms with Gasteiger partial charge < -0.3 is 14.8 Å². The molecule has 4 rings (SSSR count). The predicted molar refractivity (Wildman–Crippen MR) is 145 cm³/mol. The number of amides is 3. The van der Waals surface area contributed by atoms with Crippen molar-refractivity contribution >= 4 is 63.9 Å². The van der Waals surface area contributed by atoms with Crippen molar-refractivity contribution in [3.8, 4) is 11.1 Å². The smallest absolute Gasteiger partial charge is 0.414 e. The van der Waals surface area contributed by atoms with Crippen molar-refractivity contribution in [1.82, 2.24) is 10.2 Å². The Kier molecular flexibility index (Phi) is 8.42. The Hall–Kier alpha value is -3.77. The summed E-state index contributed by atoms with van der Waals surface area (Å²) in [7, 11) is 0. The molecular weight excluding hydrogens is 533 g/mol. The molecule has 12 heteroatoms. The molecule has 0 saturated carbocycles. The molecule has 0 unspecified atom stereocenters. The third kappa shape index (κ3) is 6.20. The lowest BCUT2D eigenvalue weighted by Crippen LogP contribution is -2.34. The summed E-state index contributed by atoms with van der Waals surface area (Å²) in [5.74, 6) is -1.66. The topological polar surface area (TPSA) is 105 Å². The second kappa shape index (κ2) is 11.7. The minimum atomic E-state index is -0.607. The molecule has 2 aliphatic heterocycles. The molecule has 1 atom stereocenters. The van der Waals surface area contributed by atoms with E-state index in [1.807, 2.05) is 0 Å². The average Bonchev–Trinajstić information content (AvgIpc) is 3.37. The van der Waals surface area contributed by atoms with Gasteiger partial charge in [0, 0.05) is 12.5 Å². The molecule has 9 nitrogen and oxygen atoms in total. The van der Waals surface area contributed by atoms with Gasteiger partial charge in [-0.25, -0.2) is 9.18 Å². The van der Waals surface area contributed by atoms with Crippen molar-refractivity contribution in [2.45, 2.75) is 20.0 Å². The number of ether oxygens (including phenoxy) is 2. The first-order valence-corrected chi connectivity index (χ1v) is 12.9. The van der Waals surface area contributed by atoms with Crippen LogP contribution >= 0.6 is 24.0 Å². The van der Waals surface area contributed by atoms with E-state index >= 15 is 4.39 Å². The number of thioether (sulfide) groups is 1. The molecule has 0 spiro atoms. The third-order valence-electron chi connectivity index (χ3n) is 5.70. The highest BCUT2D eigenvalue weighted by Gasteiger charge is 2.34. The number of nitrogens with zero attached hydrogens (tertiary/aromatic N) is 2. The van der Waals surface area contributed by atoms with Crippen LogP contribution < -0.4 is 10.2 Å². The molecule has 2 aliphatic rings. The highest BCUT2D eigenvalue weighted by molar-refractivity contribution is 8.26. The van der Waals surface area contributed by atoms with Gasteiger partial charge >= 0.3 is 12.1 Å². The Bertz CT molecular complexity index is 1330. The van der Waals surface area contributed by atoms with Gasteiger partial charge in [-0.05, 0) is 42.3 Å². The van der Waals surface area contributed by atoms with Crippen LogP contribution in [0.15, 0.2) is 47.4 Å². The van der Waals surface area contributed by atoms with Crippen molar-refractivity contribution in [3.63, 3.8) is 0 Å². The van der Waals surface area contributed by atoms with Crippen LogP contribution in [-0.2, 0) is 23.9 Å². The molecule has 3 amide bonds. The molecule has 0 aromatic heterocycles. The Morgan fingerprint density at radius 3 is 2.63 bits per heavy atom. The fraction of sp³-hybridized carbons (Fsp3) is 0.269. The lowest BCUT2D eigenvalue weighted by atomic mass is 10.0. The van der Waals surface area contributed by atoms with Crippen molar-refractivity contribution in [2.24, 2.45) is 0 Å². The monoisotopic (exact) mass is 557 g/mol. The zero-order valence-corrected chi connectivity index (χ0v) is 22.2. The molecule has 0 aliphatic carbocycles. The van der Waals surface area contributed by atoms with Crippen molar-refractivity contribution in [3.05, 3.63) is 58.8 Å². The Morgan fingerprint density at radius 1 is 1.24 bits per heavy atom. The molecule has 2 heterocycles. The highest BCUT2D eigenvalue weighted by atomic mass is 32.2. The van der Waals surface area contributed by atoms with Crippen LogP contribution in [0.25, 0.3) is 17.2 Å². The number of esters is 1. The number of rotatable bonds is 8. The maximum absolute atomic E-state index is 15.0. The first-order chi connectivity index (χ1) is 18.2. The van der Waals surface area contributed by atoms with Gasteiger partial charge in [0.2, 0.25) is 5.91 Å². The van der Waals surface area contributed by atoms with Gasteiger partial charge in [0.15, 0.2) is 0 Å². The average molecular weight is 558 g/mol. The van der Waals surface area contributed by atoms with Crippen LogP contribution in [0, 0.1) is 5.82 Å². The van der Waals surface area contributed by atoms with Crippen LogP contribution in [0.3, 0.4) is 0 Å². The zero-order chi connectivity index (χ0) is 27.4. The second-order valence-electron chi connectivity index (χ2n) is 8.41. The lowest BCUT2D eigenvalue weighted by molar-refractivity contribution is -0.145. The Labute approximate surface area is 227 Å². The summed E-state index contributed by atoms with van der Waals surface area (Å²) in [6.45, 7) is 3.40.